The highest BCUT2D eigenvalue weighted by molar-refractivity contribution is 7.18. The third kappa shape index (κ3) is 3.09. The first-order valence-electron chi connectivity index (χ1n) is 7.63. The van der Waals surface area contributed by atoms with Crippen LogP contribution in [0.1, 0.15) is 11.4 Å². The number of aromatic nitrogens is 1. The summed E-state index contributed by atoms with van der Waals surface area (Å²) in [6, 6.07) is 6.80. The quantitative estimate of drug-likeness (QED) is 0.826. The molecule has 1 aliphatic heterocycles. The Balaban J connectivity index is 1.51. The maximum Gasteiger partial charge on any atom is 0.326 e. The van der Waals surface area contributed by atoms with Gasteiger partial charge in [-0.25, -0.2) is 9.78 Å². The van der Waals surface area contributed by atoms with Crippen LogP contribution >= 0.6 is 11.3 Å². The summed E-state index contributed by atoms with van der Waals surface area (Å²) in [4.78, 5) is 42.5. The number of thiazole rings is 1. The predicted octanol–water partition coefficient (Wildman–Crippen LogP) is 1.24. The first-order valence-corrected chi connectivity index (χ1v) is 8.44. The fourth-order valence-corrected chi connectivity index (χ4v) is 3.63. The molecule has 3 rings (SSSR count). The molecule has 1 aromatic carbocycles. The Morgan fingerprint density at radius 2 is 2.04 bits per heavy atom. The molecule has 2 aromatic rings. The zero-order chi connectivity index (χ0) is 17.3. The lowest BCUT2D eigenvalue weighted by Crippen LogP contribution is -2.37. The number of nitrogens with zero attached hydrogens (tertiary/aromatic N) is 3. The SMILES string of the molecule is CN1C(=O)[C@@H](CC(=O)NCCc2nc3ccccc3s2)N(C)C1=O. The van der Waals surface area contributed by atoms with Gasteiger partial charge in [0.25, 0.3) is 5.91 Å². The number of rotatable bonds is 5. The molecular formula is C16H18N4O3S. The van der Waals surface area contributed by atoms with E-state index in [0.29, 0.717) is 13.0 Å². The highest BCUT2D eigenvalue weighted by Gasteiger charge is 2.41. The number of nitrogens with one attached hydrogen (secondary N) is 1. The molecule has 0 saturated carbocycles. The highest BCUT2D eigenvalue weighted by atomic mass is 32.1. The summed E-state index contributed by atoms with van der Waals surface area (Å²) in [5.74, 6) is -0.590. The number of benzene rings is 1. The molecule has 126 valence electrons. The molecule has 1 atom stereocenters. The lowest BCUT2D eigenvalue weighted by atomic mass is 10.2. The van der Waals surface area contributed by atoms with Crippen molar-refractivity contribution in [2.24, 2.45) is 0 Å². The van der Waals surface area contributed by atoms with Gasteiger partial charge in [-0.3, -0.25) is 14.5 Å². The van der Waals surface area contributed by atoms with E-state index in [4.69, 9.17) is 0 Å². The predicted molar refractivity (Wildman–Crippen MR) is 90.7 cm³/mol. The van der Waals surface area contributed by atoms with E-state index >= 15 is 0 Å². The number of carbonyl (C=O) groups excluding carboxylic acids is 3. The summed E-state index contributed by atoms with van der Waals surface area (Å²) in [5, 5.41) is 3.75. The minimum absolute atomic E-state index is 0.0226. The number of amides is 4. The smallest absolute Gasteiger partial charge is 0.326 e. The molecule has 1 saturated heterocycles. The Morgan fingerprint density at radius 3 is 2.71 bits per heavy atom. The number of hydrogen-bond donors (Lipinski definition) is 1. The second-order valence-electron chi connectivity index (χ2n) is 5.69. The van der Waals surface area contributed by atoms with Crippen LogP contribution in [-0.4, -0.2) is 59.3 Å². The lowest BCUT2D eigenvalue weighted by molar-refractivity contribution is -0.131. The monoisotopic (exact) mass is 346 g/mol. The van der Waals surface area contributed by atoms with Crippen molar-refractivity contribution in [1.82, 2.24) is 20.1 Å². The summed E-state index contributed by atoms with van der Waals surface area (Å²) in [6.45, 7) is 0.451. The van der Waals surface area contributed by atoms with Gasteiger partial charge < -0.3 is 10.2 Å². The van der Waals surface area contributed by atoms with Crippen molar-refractivity contribution in [3.05, 3.63) is 29.3 Å². The van der Waals surface area contributed by atoms with E-state index in [-0.39, 0.29) is 24.3 Å². The number of fused-ring (bicyclic) bond motifs is 1. The zero-order valence-electron chi connectivity index (χ0n) is 13.5. The van der Waals surface area contributed by atoms with Gasteiger partial charge in [0.15, 0.2) is 0 Å². The molecule has 24 heavy (non-hydrogen) atoms. The van der Waals surface area contributed by atoms with E-state index in [1.807, 2.05) is 24.3 Å². The summed E-state index contributed by atoms with van der Waals surface area (Å²) in [7, 11) is 2.95. The Bertz CT molecular complexity index is 770. The third-order valence-corrected chi connectivity index (χ3v) is 5.15. The second-order valence-corrected chi connectivity index (χ2v) is 6.80. The third-order valence-electron chi connectivity index (χ3n) is 4.05. The number of likely N-dealkylation sites (N-methyl/N-ethyl adjacent to an activating group) is 2. The van der Waals surface area contributed by atoms with Crippen LogP contribution in [0.5, 0.6) is 0 Å². The fourth-order valence-electron chi connectivity index (χ4n) is 2.66. The Labute approximate surface area is 143 Å². The van der Waals surface area contributed by atoms with Gasteiger partial charge in [-0.15, -0.1) is 11.3 Å². The van der Waals surface area contributed by atoms with Gasteiger partial charge in [-0.1, -0.05) is 12.1 Å². The molecule has 7 nitrogen and oxygen atoms in total. The zero-order valence-corrected chi connectivity index (χ0v) is 14.3. The highest BCUT2D eigenvalue weighted by Crippen LogP contribution is 2.21. The Morgan fingerprint density at radius 1 is 1.29 bits per heavy atom. The van der Waals surface area contributed by atoms with Crippen molar-refractivity contribution in [3.63, 3.8) is 0 Å². The molecule has 1 fully saturated rings. The maximum atomic E-state index is 12.0. The minimum atomic E-state index is -0.718. The van der Waals surface area contributed by atoms with Crippen molar-refractivity contribution in [2.75, 3.05) is 20.6 Å². The summed E-state index contributed by atoms with van der Waals surface area (Å²) in [5.41, 5.74) is 0.962. The number of para-hydroxylation sites is 1. The van der Waals surface area contributed by atoms with Crippen LogP contribution in [0.15, 0.2) is 24.3 Å². The molecule has 1 aromatic heterocycles. The van der Waals surface area contributed by atoms with Crippen molar-refractivity contribution < 1.29 is 14.4 Å². The van der Waals surface area contributed by atoms with Crippen LogP contribution in [0.2, 0.25) is 0 Å². The lowest BCUT2D eigenvalue weighted by Gasteiger charge is -2.15. The van der Waals surface area contributed by atoms with Gasteiger partial charge in [0, 0.05) is 27.1 Å². The summed E-state index contributed by atoms with van der Waals surface area (Å²) in [6.07, 6.45) is 0.615. The molecule has 4 amide bonds. The standard InChI is InChI=1S/C16H18N4O3S/c1-19-11(15(22)20(2)16(19)23)9-13(21)17-8-7-14-18-10-5-3-4-6-12(10)24-14/h3-6,11H,7-9H2,1-2H3,(H,17,21)/t11-/m1/s1. The molecule has 8 heteroatoms. The van der Waals surface area contributed by atoms with E-state index in [0.717, 1.165) is 20.1 Å². The van der Waals surface area contributed by atoms with Crippen LogP contribution in [0.4, 0.5) is 4.79 Å². The van der Waals surface area contributed by atoms with Crippen molar-refractivity contribution in [3.8, 4) is 0 Å². The van der Waals surface area contributed by atoms with E-state index in [2.05, 4.69) is 10.3 Å². The van der Waals surface area contributed by atoms with E-state index in [1.54, 1.807) is 11.3 Å². The van der Waals surface area contributed by atoms with E-state index in [9.17, 15) is 14.4 Å². The van der Waals surface area contributed by atoms with Crippen LogP contribution in [-0.2, 0) is 16.0 Å². The normalized spacial score (nSPS) is 17.8. The van der Waals surface area contributed by atoms with Crippen LogP contribution in [0.3, 0.4) is 0 Å². The molecule has 0 unspecified atom stereocenters. The van der Waals surface area contributed by atoms with Gasteiger partial charge >= 0.3 is 6.03 Å². The number of imide groups is 1. The first kappa shape index (κ1) is 16.4. The van der Waals surface area contributed by atoms with Crippen molar-refractivity contribution >= 4 is 39.4 Å². The van der Waals surface area contributed by atoms with Crippen molar-refractivity contribution in [1.29, 1.82) is 0 Å². The summed E-state index contributed by atoms with van der Waals surface area (Å²) >= 11 is 1.61. The Hall–Kier alpha value is -2.48. The number of urea groups is 1. The maximum absolute atomic E-state index is 12.0. The first-order chi connectivity index (χ1) is 11.5. The molecule has 0 spiro atoms. The topological polar surface area (TPSA) is 82.6 Å². The van der Waals surface area contributed by atoms with Gasteiger partial charge in [0.1, 0.15) is 6.04 Å². The molecular weight excluding hydrogens is 328 g/mol. The van der Waals surface area contributed by atoms with E-state index in [1.165, 1.54) is 19.0 Å². The second kappa shape index (κ2) is 6.56. The molecule has 0 aliphatic carbocycles. The van der Waals surface area contributed by atoms with Gasteiger partial charge in [-0.05, 0) is 12.1 Å². The van der Waals surface area contributed by atoms with Crippen LogP contribution < -0.4 is 5.32 Å². The minimum Gasteiger partial charge on any atom is -0.356 e. The fraction of sp³-hybridized carbons (Fsp3) is 0.375. The average molecular weight is 346 g/mol. The molecule has 0 radical (unpaired) electrons. The largest absolute Gasteiger partial charge is 0.356 e. The molecule has 1 N–H and O–H groups in total. The molecule has 1 aliphatic rings. The average Bonchev–Trinajstić information content (AvgIpc) is 3.06. The molecule has 0 bridgehead atoms. The number of hydrogen-bond acceptors (Lipinski definition) is 5. The van der Waals surface area contributed by atoms with E-state index < -0.39 is 6.04 Å². The van der Waals surface area contributed by atoms with Gasteiger partial charge in [0.05, 0.1) is 21.6 Å². The van der Waals surface area contributed by atoms with Crippen LogP contribution in [0, 0.1) is 0 Å². The summed E-state index contributed by atoms with van der Waals surface area (Å²) < 4.78 is 1.12. The van der Waals surface area contributed by atoms with Gasteiger partial charge in [-0.2, -0.15) is 0 Å². The van der Waals surface area contributed by atoms with Crippen molar-refractivity contribution in [2.45, 2.75) is 18.9 Å². The molecule has 2 heterocycles. The van der Waals surface area contributed by atoms with Gasteiger partial charge in [0.2, 0.25) is 5.91 Å². The Kier molecular flexibility index (Phi) is 4.48. The number of carbonyl (C=O) groups is 3. The van der Waals surface area contributed by atoms with Crippen LogP contribution in [0.25, 0.3) is 10.2 Å².